The lowest BCUT2D eigenvalue weighted by Gasteiger charge is -2.19. The Labute approximate surface area is 102 Å². The highest BCUT2D eigenvalue weighted by atomic mass is 79.9. The van der Waals surface area contributed by atoms with E-state index in [9.17, 15) is 9.90 Å². The van der Waals surface area contributed by atoms with Gasteiger partial charge in [-0.15, -0.1) is 0 Å². The van der Waals surface area contributed by atoms with Gasteiger partial charge in [-0.1, -0.05) is 12.1 Å². The van der Waals surface area contributed by atoms with E-state index in [0.29, 0.717) is 15.8 Å². The fourth-order valence-electron chi connectivity index (χ4n) is 1.30. The van der Waals surface area contributed by atoms with Crippen LogP contribution in [-0.4, -0.2) is 28.9 Å². The van der Waals surface area contributed by atoms with Crippen LogP contribution in [0.15, 0.2) is 22.7 Å². The molecule has 4 nitrogen and oxygen atoms in total. The maximum Gasteiger partial charge on any atom is 0.335 e. The summed E-state index contributed by atoms with van der Waals surface area (Å²) in [6.45, 7) is 1.27. The van der Waals surface area contributed by atoms with E-state index in [-0.39, 0.29) is 6.42 Å². The van der Waals surface area contributed by atoms with E-state index in [1.807, 2.05) is 0 Å². The smallest absolute Gasteiger partial charge is 0.335 e. The van der Waals surface area contributed by atoms with E-state index < -0.39 is 11.6 Å². The molecular weight excluding hydrogens is 276 g/mol. The lowest BCUT2D eigenvalue weighted by molar-refractivity contribution is -0.156. The summed E-state index contributed by atoms with van der Waals surface area (Å²) in [5, 5.41) is 18.5. The molecule has 16 heavy (non-hydrogen) atoms. The van der Waals surface area contributed by atoms with Crippen LogP contribution in [-0.2, 0) is 11.2 Å². The first-order valence-electron chi connectivity index (χ1n) is 4.65. The average Bonchev–Trinajstić information content (AvgIpc) is 2.20. The van der Waals surface area contributed by atoms with Crippen molar-refractivity contribution in [3.8, 4) is 5.75 Å². The van der Waals surface area contributed by atoms with Crippen molar-refractivity contribution in [2.45, 2.75) is 18.9 Å². The summed E-state index contributed by atoms with van der Waals surface area (Å²) in [5.74, 6) is -0.638. The molecule has 1 atom stereocenters. The number of carbonyl (C=O) groups is 1. The van der Waals surface area contributed by atoms with Crippen molar-refractivity contribution < 1.29 is 19.7 Å². The molecule has 0 aliphatic rings. The first kappa shape index (κ1) is 13.0. The van der Waals surface area contributed by atoms with Crippen LogP contribution in [0.4, 0.5) is 0 Å². The topological polar surface area (TPSA) is 66.8 Å². The molecule has 88 valence electrons. The highest BCUT2D eigenvalue weighted by Gasteiger charge is 2.31. The van der Waals surface area contributed by atoms with Crippen molar-refractivity contribution in [3.05, 3.63) is 28.2 Å². The van der Waals surface area contributed by atoms with Crippen LogP contribution in [0.1, 0.15) is 12.5 Å². The average molecular weight is 289 g/mol. The van der Waals surface area contributed by atoms with Gasteiger partial charge in [-0.2, -0.15) is 0 Å². The standard InChI is InChI=1S/C11H13BrO4/c1-11(15,10(13)14)6-7-4-3-5-8(16-2)9(7)12/h3-5,15H,6H2,1-2H3,(H,13,14). The van der Waals surface area contributed by atoms with Gasteiger partial charge in [-0.05, 0) is 34.5 Å². The van der Waals surface area contributed by atoms with Crippen LogP contribution in [0.25, 0.3) is 0 Å². The summed E-state index contributed by atoms with van der Waals surface area (Å²) in [6.07, 6.45) is 0.0140. The first-order valence-corrected chi connectivity index (χ1v) is 5.45. The van der Waals surface area contributed by atoms with Crippen molar-refractivity contribution in [2.75, 3.05) is 7.11 Å². The Morgan fingerprint density at radius 2 is 2.19 bits per heavy atom. The zero-order chi connectivity index (χ0) is 12.3. The van der Waals surface area contributed by atoms with E-state index >= 15 is 0 Å². The van der Waals surface area contributed by atoms with Crippen molar-refractivity contribution in [2.24, 2.45) is 0 Å². The molecule has 2 N–H and O–H groups in total. The van der Waals surface area contributed by atoms with Crippen molar-refractivity contribution >= 4 is 21.9 Å². The molecule has 1 aromatic carbocycles. The van der Waals surface area contributed by atoms with Crippen LogP contribution in [0.2, 0.25) is 0 Å². The Kier molecular flexibility index (Phi) is 3.93. The molecule has 1 unspecified atom stereocenters. The van der Waals surface area contributed by atoms with Gasteiger partial charge in [0.2, 0.25) is 0 Å². The molecule has 0 saturated carbocycles. The van der Waals surface area contributed by atoms with Gasteiger partial charge in [0, 0.05) is 6.42 Å². The van der Waals surface area contributed by atoms with Gasteiger partial charge in [0.05, 0.1) is 11.6 Å². The summed E-state index contributed by atoms with van der Waals surface area (Å²) < 4.78 is 5.75. The number of aliphatic carboxylic acids is 1. The molecule has 0 aliphatic heterocycles. The normalized spacial score (nSPS) is 14.2. The van der Waals surface area contributed by atoms with Gasteiger partial charge in [-0.25, -0.2) is 4.79 Å². The monoisotopic (exact) mass is 288 g/mol. The molecular formula is C11H13BrO4. The number of halogens is 1. The lowest BCUT2D eigenvalue weighted by Crippen LogP contribution is -2.37. The molecule has 1 rings (SSSR count). The highest BCUT2D eigenvalue weighted by Crippen LogP contribution is 2.30. The van der Waals surface area contributed by atoms with Crippen molar-refractivity contribution in [1.82, 2.24) is 0 Å². The summed E-state index contributed by atoms with van der Waals surface area (Å²) in [4.78, 5) is 10.8. The lowest BCUT2D eigenvalue weighted by atomic mass is 9.97. The maximum atomic E-state index is 10.8. The Hall–Kier alpha value is -1.07. The van der Waals surface area contributed by atoms with E-state index in [1.165, 1.54) is 14.0 Å². The molecule has 1 aromatic rings. The van der Waals surface area contributed by atoms with E-state index in [4.69, 9.17) is 9.84 Å². The van der Waals surface area contributed by atoms with Crippen LogP contribution < -0.4 is 4.74 Å². The van der Waals surface area contributed by atoms with E-state index in [0.717, 1.165) is 0 Å². The van der Waals surface area contributed by atoms with Gasteiger partial charge in [0.1, 0.15) is 5.75 Å². The molecule has 0 amide bonds. The minimum Gasteiger partial charge on any atom is -0.496 e. The molecule has 0 aliphatic carbocycles. The molecule has 0 fully saturated rings. The predicted octanol–water partition coefficient (Wildman–Crippen LogP) is 1.84. The van der Waals surface area contributed by atoms with E-state index in [1.54, 1.807) is 18.2 Å². The Bertz CT molecular complexity index is 401. The van der Waals surface area contributed by atoms with Gasteiger partial charge >= 0.3 is 5.97 Å². The summed E-state index contributed by atoms with van der Waals surface area (Å²) in [6, 6.07) is 5.24. The Morgan fingerprint density at radius 1 is 1.56 bits per heavy atom. The Morgan fingerprint density at radius 3 is 2.69 bits per heavy atom. The molecule has 0 bridgehead atoms. The molecule has 0 radical (unpaired) electrons. The number of hydrogen-bond donors (Lipinski definition) is 2. The van der Waals surface area contributed by atoms with Crippen LogP contribution in [0, 0.1) is 0 Å². The number of carboxylic acid groups (broad SMARTS) is 1. The number of ether oxygens (including phenoxy) is 1. The molecule has 0 aromatic heterocycles. The molecule has 0 heterocycles. The largest absolute Gasteiger partial charge is 0.496 e. The number of benzene rings is 1. The maximum absolute atomic E-state index is 10.8. The van der Waals surface area contributed by atoms with Crippen molar-refractivity contribution in [3.63, 3.8) is 0 Å². The predicted molar refractivity (Wildman–Crippen MR) is 62.7 cm³/mol. The third-order valence-corrected chi connectivity index (χ3v) is 3.16. The second-order valence-electron chi connectivity index (χ2n) is 3.69. The minimum atomic E-state index is -1.78. The highest BCUT2D eigenvalue weighted by molar-refractivity contribution is 9.10. The summed E-state index contributed by atoms with van der Waals surface area (Å²) in [7, 11) is 1.53. The van der Waals surface area contributed by atoms with Crippen LogP contribution >= 0.6 is 15.9 Å². The quantitative estimate of drug-likeness (QED) is 0.887. The SMILES string of the molecule is COc1cccc(CC(C)(O)C(=O)O)c1Br. The number of methoxy groups -OCH3 is 1. The molecule has 0 spiro atoms. The molecule has 0 saturated heterocycles. The third-order valence-electron chi connectivity index (χ3n) is 2.26. The summed E-state index contributed by atoms with van der Waals surface area (Å²) >= 11 is 3.31. The number of aliphatic hydroxyl groups is 1. The Balaban J connectivity index is 3.02. The fourth-order valence-corrected chi connectivity index (χ4v) is 1.86. The van der Waals surface area contributed by atoms with Crippen LogP contribution in [0.3, 0.4) is 0 Å². The minimum absolute atomic E-state index is 0.0140. The fraction of sp³-hybridized carbons (Fsp3) is 0.364. The van der Waals surface area contributed by atoms with Gasteiger partial charge in [0.25, 0.3) is 0 Å². The van der Waals surface area contributed by atoms with Crippen LogP contribution in [0.5, 0.6) is 5.75 Å². The number of hydrogen-bond acceptors (Lipinski definition) is 3. The van der Waals surface area contributed by atoms with E-state index in [2.05, 4.69) is 15.9 Å². The zero-order valence-corrected chi connectivity index (χ0v) is 10.6. The second kappa shape index (κ2) is 4.84. The van der Waals surface area contributed by atoms with Crippen molar-refractivity contribution in [1.29, 1.82) is 0 Å². The summed E-state index contributed by atoms with van der Waals surface area (Å²) in [5.41, 5.74) is -1.10. The van der Waals surface area contributed by atoms with Gasteiger partial charge < -0.3 is 14.9 Å². The zero-order valence-electron chi connectivity index (χ0n) is 9.03. The molecule has 5 heteroatoms. The first-order chi connectivity index (χ1) is 7.38. The third kappa shape index (κ3) is 2.74. The number of rotatable bonds is 4. The number of carboxylic acids is 1. The van der Waals surface area contributed by atoms with Gasteiger partial charge in [0.15, 0.2) is 5.60 Å². The van der Waals surface area contributed by atoms with Gasteiger partial charge in [-0.3, -0.25) is 0 Å². The second-order valence-corrected chi connectivity index (χ2v) is 4.48.